The molecule has 7 heteroatoms. The number of carbonyl (C=O) groups excluding carboxylic acids is 1. The van der Waals surface area contributed by atoms with Gasteiger partial charge in [0.1, 0.15) is 10.1 Å². The van der Waals surface area contributed by atoms with Crippen molar-refractivity contribution in [1.82, 2.24) is 4.90 Å². The average Bonchev–Trinajstić information content (AvgIpc) is 2.76. The minimum absolute atomic E-state index is 0.0228. The van der Waals surface area contributed by atoms with E-state index in [0.717, 1.165) is 11.3 Å². The molecule has 0 saturated carbocycles. The van der Waals surface area contributed by atoms with Crippen LogP contribution in [0.5, 0.6) is 5.75 Å². The van der Waals surface area contributed by atoms with Crippen LogP contribution in [0.1, 0.15) is 25.3 Å². The molecule has 1 saturated heterocycles. The molecule has 0 spiro atoms. The van der Waals surface area contributed by atoms with Gasteiger partial charge in [-0.15, -0.1) is 0 Å². The van der Waals surface area contributed by atoms with E-state index in [1.807, 2.05) is 31.2 Å². The van der Waals surface area contributed by atoms with Gasteiger partial charge in [-0.2, -0.15) is 0 Å². The normalized spacial score (nSPS) is 16.2. The summed E-state index contributed by atoms with van der Waals surface area (Å²) in [5.41, 5.74) is 0.888. The molecule has 0 aromatic heterocycles. The van der Waals surface area contributed by atoms with E-state index in [0.29, 0.717) is 28.8 Å². The van der Waals surface area contributed by atoms with Gasteiger partial charge in [-0.3, -0.25) is 14.5 Å². The number of amides is 1. The second-order valence-electron chi connectivity index (χ2n) is 4.83. The van der Waals surface area contributed by atoms with Gasteiger partial charge in [-0.25, -0.2) is 0 Å². The molecule has 0 aliphatic carbocycles. The summed E-state index contributed by atoms with van der Waals surface area (Å²) in [7, 11) is 0. The predicted molar refractivity (Wildman–Crippen MR) is 94.4 cm³/mol. The van der Waals surface area contributed by atoms with Crippen molar-refractivity contribution in [3.05, 3.63) is 34.7 Å². The van der Waals surface area contributed by atoms with Crippen LogP contribution in [0.25, 0.3) is 6.08 Å². The Labute approximate surface area is 144 Å². The SMILES string of the molecule is CCOc1ccc(C=C2SC(=S)N(CCCC(=O)O)C2=O)cc1. The smallest absolute Gasteiger partial charge is 0.303 e. The minimum atomic E-state index is -0.875. The third kappa shape index (κ3) is 4.80. The topological polar surface area (TPSA) is 66.8 Å². The second-order valence-corrected chi connectivity index (χ2v) is 6.51. The van der Waals surface area contributed by atoms with Gasteiger partial charge in [0, 0.05) is 13.0 Å². The number of nitrogens with zero attached hydrogens (tertiary/aromatic N) is 1. The molecule has 1 amide bonds. The summed E-state index contributed by atoms with van der Waals surface area (Å²) in [6.07, 6.45) is 2.19. The Morgan fingerprint density at radius 2 is 2.09 bits per heavy atom. The number of carboxylic acid groups (broad SMARTS) is 1. The van der Waals surface area contributed by atoms with E-state index >= 15 is 0 Å². The quantitative estimate of drug-likeness (QED) is 0.601. The Morgan fingerprint density at radius 1 is 1.39 bits per heavy atom. The Bertz CT molecular complexity index is 640. The fraction of sp³-hybridized carbons (Fsp3) is 0.312. The number of ether oxygens (including phenoxy) is 1. The minimum Gasteiger partial charge on any atom is -0.494 e. The summed E-state index contributed by atoms with van der Waals surface area (Å²) in [5.74, 6) is -0.259. The highest BCUT2D eigenvalue weighted by Crippen LogP contribution is 2.32. The first-order valence-corrected chi connectivity index (χ1v) is 8.43. The number of hydrogen-bond acceptors (Lipinski definition) is 5. The molecule has 1 fully saturated rings. The molecule has 1 aromatic rings. The molecule has 0 bridgehead atoms. The van der Waals surface area contributed by atoms with E-state index in [-0.39, 0.29) is 12.3 Å². The van der Waals surface area contributed by atoms with Gasteiger partial charge in [0.15, 0.2) is 0 Å². The number of thiocarbonyl (C=S) groups is 1. The molecule has 1 heterocycles. The van der Waals surface area contributed by atoms with Crippen molar-refractivity contribution < 1.29 is 19.4 Å². The number of rotatable bonds is 7. The maximum Gasteiger partial charge on any atom is 0.303 e. The summed E-state index contributed by atoms with van der Waals surface area (Å²) in [5, 5.41) is 8.66. The second kappa shape index (κ2) is 8.12. The summed E-state index contributed by atoms with van der Waals surface area (Å²) in [6, 6.07) is 7.45. The maximum atomic E-state index is 12.3. The highest BCUT2D eigenvalue weighted by molar-refractivity contribution is 8.26. The third-order valence-corrected chi connectivity index (χ3v) is 4.51. The van der Waals surface area contributed by atoms with Gasteiger partial charge >= 0.3 is 5.97 Å². The molecule has 0 atom stereocenters. The van der Waals surface area contributed by atoms with E-state index in [1.165, 1.54) is 16.7 Å². The highest BCUT2D eigenvalue weighted by atomic mass is 32.2. The molecule has 1 aliphatic rings. The fourth-order valence-corrected chi connectivity index (χ4v) is 3.37. The number of benzene rings is 1. The summed E-state index contributed by atoms with van der Waals surface area (Å²) in [6.45, 7) is 2.86. The number of carboxylic acids is 1. The van der Waals surface area contributed by atoms with E-state index in [2.05, 4.69) is 0 Å². The van der Waals surface area contributed by atoms with Crippen LogP contribution in [0.3, 0.4) is 0 Å². The lowest BCUT2D eigenvalue weighted by molar-refractivity contribution is -0.137. The van der Waals surface area contributed by atoms with Crippen LogP contribution in [0, 0.1) is 0 Å². The summed E-state index contributed by atoms with van der Waals surface area (Å²) in [4.78, 5) is 24.9. The molecule has 0 unspecified atom stereocenters. The van der Waals surface area contributed by atoms with E-state index < -0.39 is 5.97 Å². The van der Waals surface area contributed by atoms with Crippen molar-refractivity contribution in [2.24, 2.45) is 0 Å². The first kappa shape index (κ1) is 17.5. The van der Waals surface area contributed by atoms with Crippen LogP contribution in [0.15, 0.2) is 29.2 Å². The lowest BCUT2D eigenvalue weighted by atomic mass is 10.2. The number of carbonyl (C=O) groups is 2. The number of aliphatic carboxylic acids is 1. The fourth-order valence-electron chi connectivity index (χ4n) is 2.06. The zero-order valence-electron chi connectivity index (χ0n) is 12.7. The van der Waals surface area contributed by atoms with E-state index in [9.17, 15) is 9.59 Å². The Kier molecular flexibility index (Phi) is 6.18. The monoisotopic (exact) mass is 351 g/mol. The first-order valence-electron chi connectivity index (χ1n) is 7.21. The molecule has 23 heavy (non-hydrogen) atoms. The Morgan fingerprint density at radius 3 is 2.70 bits per heavy atom. The van der Waals surface area contributed by atoms with Crippen LogP contribution in [0.2, 0.25) is 0 Å². The van der Waals surface area contributed by atoms with Gasteiger partial charge in [0.2, 0.25) is 0 Å². The van der Waals surface area contributed by atoms with Crippen LogP contribution in [-0.4, -0.2) is 39.4 Å². The van der Waals surface area contributed by atoms with Crippen LogP contribution < -0.4 is 4.74 Å². The maximum absolute atomic E-state index is 12.3. The van der Waals surface area contributed by atoms with Gasteiger partial charge in [-0.1, -0.05) is 36.1 Å². The first-order chi connectivity index (χ1) is 11.0. The van der Waals surface area contributed by atoms with Gasteiger partial charge in [-0.05, 0) is 37.1 Å². The molecule has 2 rings (SSSR count). The number of hydrogen-bond donors (Lipinski definition) is 1. The third-order valence-electron chi connectivity index (χ3n) is 3.13. The largest absolute Gasteiger partial charge is 0.494 e. The highest BCUT2D eigenvalue weighted by Gasteiger charge is 2.31. The molecule has 122 valence electrons. The molecular weight excluding hydrogens is 334 g/mol. The van der Waals surface area contributed by atoms with E-state index in [4.69, 9.17) is 22.1 Å². The van der Waals surface area contributed by atoms with Crippen molar-refractivity contribution in [3.63, 3.8) is 0 Å². The van der Waals surface area contributed by atoms with Crippen molar-refractivity contribution >= 4 is 46.3 Å². The predicted octanol–water partition coefficient (Wildman–Crippen LogP) is 3.15. The zero-order valence-corrected chi connectivity index (χ0v) is 14.3. The molecule has 1 N–H and O–H groups in total. The Balaban J connectivity index is 2.04. The van der Waals surface area contributed by atoms with Gasteiger partial charge in [0.05, 0.1) is 11.5 Å². The number of thioether (sulfide) groups is 1. The average molecular weight is 351 g/mol. The summed E-state index contributed by atoms with van der Waals surface area (Å²) < 4.78 is 5.85. The molecular formula is C16H17NO4S2. The zero-order chi connectivity index (χ0) is 16.8. The van der Waals surface area contributed by atoms with Crippen molar-refractivity contribution in [2.45, 2.75) is 19.8 Å². The summed E-state index contributed by atoms with van der Waals surface area (Å²) >= 11 is 6.45. The lowest BCUT2D eigenvalue weighted by Gasteiger charge is -2.13. The van der Waals surface area contributed by atoms with E-state index in [1.54, 1.807) is 6.08 Å². The standard InChI is InChI=1S/C16H17NO4S2/c1-2-21-12-7-5-11(6-8-12)10-13-15(20)17(16(22)23-13)9-3-4-14(18)19/h5-8,10H,2-4,9H2,1H3,(H,18,19). The van der Waals surface area contributed by atoms with Crippen molar-refractivity contribution in [1.29, 1.82) is 0 Å². The van der Waals surface area contributed by atoms with Gasteiger partial charge < -0.3 is 9.84 Å². The Hall–Kier alpha value is -1.86. The molecule has 0 radical (unpaired) electrons. The van der Waals surface area contributed by atoms with Crippen LogP contribution in [0.4, 0.5) is 0 Å². The molecule has 5 nitrogen and oxygen atoms in total. The van der Waals surface area contributed by atoms with Crippen molar-refractivity contribution in [3.8, 4) is 5.75 Å². The lowest BCUT2D eigenvalue weighted by Crippen LogP contribution is -2.29. The molecule has 1 aliphatic heterocycles. The molecule has 1 aromatic carbocycles. The van der Waals surface area contributed by atoms with Crippen LogP contribution >= 0.6 is 24.0 Å². The van der Waals surface area contributed by atoms with Gasteiger partial charge in [0.25, 0.3) is 5.91 Å². The van der Waals surface area contributed by atoms with Crippen LogP contribution in [-0.2, 0) is 9.59 Å². The van der Waals surface area contributed by atoms with Crippen molar-refractivity contribution in [2.75, 3.05) is 13.2 Å².